The first-order valence-electron chi connectivity index (χ1n) is 5.27. The van der Waals surface area contributed by atoms with Gasteiger partial charge in [-0.15, -0.1) is 0 Å². The zero-order valence-corrected chi connectivity index (χ0v) is 9.14. The van der Waals surface area contributed by atoms with Gasteiger partial charge in [0.25, 0.3) is 0 Å². The molecule has 0 radical (unpaired) electrons. The number of pyridine rings is 1. The van der Waals surface area contributed by atoms with Crippen molar-refractivity contribution in [1.29, 1.82) is 0 Å². The third-order valence-electron chi connectivity index (χ3n) is 2.41. The molecule has 0 spiro atoms. The van der Waals surface area contributed by atoms with Crippen LogP contribution in [0.15, 0.2) is 30.7 Å². The van der Waals surface area contributed by atoms with Crippen LogP contribution < -0.4 is 11.1 Å². The van der Waals surface area contributed by atoms with E-state index in [1.54, 1.807) is 18.6 Å². The van der Waals surface area contributed by atoms with Crippen molar-refractivity contribution in [3.05, 3.63) is 36.5 Å². The number of hydrogen-bond acceptors (Lipinski definition) is 4. The molecule has 5 heteroatoms. The number of nitrogens with two attached hydrogens (primary N) is 1. The molecule has 16 heavy (non-hydrogen) atoms. The lowest BCUT2D eigenvalue weighted by Crippen LogP contribution is -2.13. The maximum absolute atomic E-state index is 5.82. The van der Waals surface area contributed by atoms with E-state index in [9.17, 15) is 0 Å². The molecular weight excluding hydrogens is 202 g/mol. The standard InChI is InChI=1S/C11H15N5/c1-2-9(11-14-6-7-15-11)16-10-8(12)4-3-5-13-10/h3-7,9H,2,12H2,1H3,(H,13,16)(H,14,15). The van der Waals surface area contributed by atoms with E-state index in [1.807, 2.05) is 12.1 Å². The highest BCUT2D eigenvalue weighted by atomic mass is 15.1. The smallest absolute Gasteiger partial charge is 0.149 e. The summed E-state index contributed by atoms with van der Waals surface area (Å²) < 4.78 is 0. The number of nitrogens with one attached hydrogen (secondary N) is 2. The third-order valence-corrected chi connectivity index (χ3v) is 2.41. The van der Waals surface area contributed by atoms with E-state index in [1.165, 1.54) is 0 Å². The van der Waals surface area contributed by atoms with Gasteiger partial charge in [0.2, 0.25) is 0 Å². The minimum Gasteiger partial charge on any atom is -0.396 e. The average molecular weight is 217 g/mol. The second kappa shape index (κ2) is 4.65. The van der Waals surface area contributed by atoms with Gasteiger partial charge < -0.3 is 16.0 Å². The Kier molecular flexibility index (Phi) is 3.05. The first-order valence-corrected chi connectivity index (χ1v) is 5.27. The molecule has 0 bridgehead atoms. The molecule has 0 aliphatic rings. The van der Waals surface area contributed by atoms with Crippen LogP contribution in [0.5, 0.6) is 0 Å². The number of hydrogen-bond donors (Lipinski definition) is 3. The van der Waals surface area contributed by atoms with E-state index in [0.717, 1.165) is 12.2 Å². The van der Waals surface area contributed by atoms with Gasteiger partial charge in [-0.25, -0.2) is 9.97 Å². The molecule has 0 amide bonds. The van der Waals surface area contributed by atoms with Gasteiger partial charge >= 0.3 is 0 Å². The molecule has 4 N–H and O–H groups in total. The highest BCUT2D eigenvalue weighted by molar-refractivity contribution is 5.60. The van der Waals surface area contributed by atoms with Crippen molar-refractivity contribution in [3.63, 3.8) is 0 Å². The predicted molar refractivity (Wildman–Crippen MR) is 63.9 cm³/mol. The molecule has 1 unspecified atom stereocenters. The van der Waals surface area contributed by atoms with Gasteiger partial charge in [0.15, 0.2) is 0 Å². The molecule has 5 nitrogen and oxygen atoms in total. The van der Waals surface area contributed by atoms with Crippen molar-refractivity contribution in [2.24, 2.45) is 0 Å². The lowest BCUT2D eigenvalue weighted by atomic mass is 10.2. The third kappa shape index (κ3) is 2.13. The summed E-state index contributed by atoms with van der Waals surface area (Å²) in [7, 11) is 0. The molecule has 0 fully saturated rings. The monoisotopic (exact) mass is 217 g/mol. The summed E-state index contributed by atoms with van der Waals surface area (Å²) >= 11 is 0. The molecule has 2 heterocycles. The Morgan fingerprint density at radius 1 is 1.44 bits per heavy atom. The minimum absolute atomic E-state index is 0.104. The number of rotatable bonds is 4. The van der Waals surface area contributed by atoms with Gasteiger partial charge in [0.1, 0.15) is 11.6 Å². The number of aromatic amines is 1. The zero-order valence-electron chi connectivity index (χ0n) is 9.14. The first kappa shape index (κ1) is 10.5. The highest BCUT2D eigenvalue weighted by Crippen LogP contribution is 2.21. The fourth-order valence-corrected chi connectivity index (χ4v) is 1.54. The fraction of sp³-hybridized carbons (Fsp3) is 0.273. The molecular formula is C11H15N5. The Morgan fingerprint density at radius 3 is 2.94 bits per heavy atom. The minimum atomic E-state index is 0.104. The van der Waals surface area contributed by atoms with E-state index in [2.05, 4.69) is 27.2 Å². The second-order valence-electron chi connectivity index (χ2n) is 3.52. The Balaban J connectivity index is 2.17. The molecule has 84 valence electrons. The number of anilines is 2. The van der Waals surface area contributed by atoms with Crippen molar-refractivity contribution in [2.75, 3.05) is 11.1 Å². The van der Waals surface area contributed by atoms with E-state index < -0.39 is 0 Å². The maximum atomic E-state index is 5.82. The van der Waals surface area contributed by atoms with Crippen LogP contribution in [0.4, 0.5) is 11.5 Å². The largest absolute Gasteiger partial charge is 0.396 e. The Labute approximate surface area is 94.1 Å². The Hall–Kier alpha value is -2.04. The van der Waals surface area contributed by atoms with Gasteiger partial charge in [-0.3, -0.25) is 0 Å². The summed E-state index contributed by atoms with van der Waals surface area (Å²) in [4.78, 5) is 11.5. The van der Waals surface area contributed by atoms with Gasteiger partial charge in [0.05, 0.1) is 11.7 Å². The topological polar surface area (TPSA) is 79.6 Å². The van der Waals surface area contributed by atoms with Gasteiger partial charge in [-0.2, -0.15) is 0 Å². The SMILES string of the molecule is CCC(Nc1ncccc1N)c1ncc[nH]1. The predicted octanol–water partition coefficient (Wildman–Crippen LogP) is 1.95. The average Bonchev–Trinajstić information content (AvgIpc) is 2.81. The van der Waals surface area contributed by atoms with E-state index in [0.29, 0.717) is 11.5 Å². The molecule has 0 saturated heterocycles. The molecule has 1 atom stereocenters. The molecule has 0 saturated carbocycles. The fourth-order valence-electron chi connectivity index (χ4n) is 1.54. The maximum Gasteiger partial charge on any atom is 0.149 e. The zero-order chi connectivity index (χ0) is 11.4. The summed E-state index contributed by atoms with van der Waals surface area (Å²) in [6.07, 6.45) is 6.17. The van der Waals surface area contributed by atoms with Crippen LogP contribution in [-0.4, -0.2) is 15.0 Å². The van der Waals surface area contributed by atoms with E-state index >= 15 is 0 Å². The van der Waals surface area contributed by atoms with Crippen LogP contribution in [0, 0.1) is 0 Å². The van der Waals surface area contributed by atoms with Crippen LogP contribution in [0.25, 0.3) is 0 Å². The number of nitrogen functional groups attached to an aromatic ring is 1. The summed E-state index contributed by atoms with van der Waals surface area (Å²) in [5, 5.41) is 3.27. The summed E-state index contributed by atoms with van der Waals surface area (Å²) in [5.74, 6) is 1.60. The van der Waals surface area contributed by atoms with Crippen molar-refractivity contribution >= 4 is 11.5 Å². The van der Waals surface area contributed by atoms with Crippen LogP contribution in [0.3, 0.4) is 0 Å². The van der Waals surface area contributed by atoms with Crippen LogP contribution in [0.1, 0.15) is 25.2 Å². The van der Waals surface area contributed by atoms with Crippen LogP contribution >= 0.6 is 0 Å². The normalized spacial score (nSPS) is 12.3. The van der Waals surface area contributed by atoms with E-state index in [4.69, 9.17) is 5.73 Å². The number of H-pyrrole nitrogens is 1. The second-order valence-corrected chi connectivity index (χ2v) is 3.52. The van der Waals surface area contributed by atoms with Crippen molar-refractivity contribution < 1.29 is 0 Å². The summed E-state index contributed by atoms with van der Waals surface area (Å²) in [6, 6.07) is 3.74. The molecule has 0 aliphatic carbocycles. The summed E-state index contributed by atoms with van der Waals surface area (Å²) in [6.45, 7) is 2.08. The van der Waals surface area contributed by atoms with E-state index in [-0.39, 0.29) is 6.04 Å². The quantitative estimate of drug-likeness (QED) is 0.731. The summed E-state index contributed by atoms with van der Waals surface area (Å²) in [5.41, 5.74) is 6.47. The highest BCUT2D eigenvalue weighted by Gasteiger charge is 2.12. The Morgan fingerprint density at radius 2 is 2.31 bits per heavy atom. The number of imidazole rings is 1. The van der Waals surface area contributed by atoms with Crippen molar-refractivity contribution in [3.8, 4) is 0 Å². The van der Waals surface area contributed by atoms with Crippen molar-refractivity contribution in [1.82, 2.24) is 15.0 Å². The molecule has 2 aromatic heterocycles. The number of nitrogens with zero attached hydrogens (tertiary/aromatic N) is 2. The lowest BCUT2D eigenvalue weighted by Gasteiger charge is -2.16. The van der Waals surface area contributed by atoms with Gasteiger partial charge in [0, 0.05) is 18.6 Å². The van der Waals surface area contributed by atoms with Gasteiger partial charge in [-0.05, 0) is 18.6 Å². The molecule has 2 aromatic rings. The van der Waals surface area contributed by atoms with Crippen LogP contribution in [-0.2, 0) is 0 Å². The number of aromatic nitrogens is 3. The Bertz CT molecular complexity index is 437. The van der Waals surface area contributed by atoms with Crippen LogP contribution in [0.2, 0.25) is 0 Å². The van der Waals surface area contributed by atoms with Crippen molar-refractivity contribution in [2.45, 2.75) is 19.4 Å². The van der Waals surface area contributed by atoms with Gasteiger partial charge in [-0.1, -0.05) is 6.92 Å². The molecule has 2 rings (SSSR count). The lowest BCUT2D eigenvalue weighted by molar-refractivity contribution is 0.701. The molecule has 0 aromatic carbocycles. The first-order chi connectivity index (χ1) is 7.81. The molecule has 0 aliphatic heterocycles.